The molecule has 2 aliphatic rings. The van der Waals surface area contributed by atoms with Crippen LogP contribution in [0.5, 0.6) is 0 Å². The molecule has 2 aliphatic carbocycles. The molecule has 1 amide bonds. The quantitative estimate of drug-likeness (QED) is 0.435. The van der Waals surface area contributed by atoms with Crippen LogP contribution in [0.2, 0.25) is 0 Å². The normalized spacial score (nSPS) is 16.6. The van der Waals surface area contributed by atoms with Crippen molar-refractivity contribution in [3.63, 3.8) is 0 Å². The van der Waals surface area contributed by atoms with Gasteiger partial charge in [0.1, 0.15) is 5.69 Å². The highest BCUT2D eigenvalue weighted by Gasteiger charge is 2.48. The Hall–Kier alpha value is -4.13. The highest BCUT2D eigenvalue weighted by atomic mass is 16.1. The first-order valence-corrected chi connectivity index (χ1v) is 11.7. The molecule has 0 saturated heterocycles. The molecule has 7 nitrogen and oxygen atoms in total. The van der Waals surface area contributed by atoms with Crippen LogP contribution in [0.15, 0.2) is 73.2 Å². The molecule has 0 atom stereocenters. The molecule has 3 aromatic heterocycles. The van der Waals surface area contributed by atoms with Gasteiger partial charge >= 0.3 is 0 Å². The van der Waals surface area contributed by atoms with Crippen molar-refractivity contribution >= 4 is 22.6 Å². The zero-order valence-corrected chi connectivity index (χ0v) is 18.5. The minimum absolute atomic E-state index is 0.0197. The average Bonchev–Trinajstić information content (AvgIpc) is 3.82. The van der Waals surface area contributed by atoms with E-state index in [9.17, 15) is 4.79 Å². The summed E-state index contributed by atoms with van der Waals surface area (Å²) < 4.78 is 1.88. The van der Waals surface area contributed by atoms with E-state index >= 15 is 0 Å². The molecule has 2 aromatic carbocycles. The molecule has 0 unspecified atom stereocenters. The van der Waals surface area contributed by atoms with Crippen LogP contribution in [0.4, 0.5) is 0 Å². The zero-order valence-electron chi connectivity index (χ0n) is 18.5. The Labute approximate surface area is 195 Å². The van der Waals surface area contributed by atoms with Gasteiger partial charge in [-0.1, -0.05) is 24.3 Å². The van der Waals surface area contributed by atoms with E-state index in [0.29, 0.717) is 17.4 Å². The number of amides is 1. The van der Waals surface area contributed by atoms with Gasteiger partial charge in [0.25, 0.3) is 11.7 Å². The Kier molecular flexibility index (Phi) is 4.09. The van der Waals surface area contributed by atoms with Crippen molar-refractivity contribution in [2.24, 2.45) is 0 Å². The summed E-state index contributed by atoms with van der Waals surface area (Å²) in [4.78, 5) is 25.9. The summed E-state index contributed by atoms with van der Waals surface area (Å²) in [7, 11) is 0. The first-order valence-electron chi connectivity index (χ1n) is 11.7. The Balaban J connectivity index is 1.25. The molecule has 1 N–H and O–H groups in total. The maximum Gasteiger partial charge on any atom is 0.251 e. The summed E-state index contributed by atoms with van der Waals surface area (Å²) in [6.07, 6.45) is 9.71. The summed E-state index contributed by atoms with van der Waals surface area (Å²) in [5, 5.41) is 9.07. The van der Waals surface area contributed by atoms with Crippen molar-refractivity contribution in [3.05, 3.63) is 90.0 Å². The molecule has 2 fully saturated rings. The van der Waals surface area contributed by atoms with Crippen LogP contribution in [0.25, 0.3) is 27.9 Å². The Morgan fingerprint density at radius 2 is 1.79 bits per heavy atom. The molecule has 0 bridgehead atoms. The lowest BCUT2D eigenvalue weighted by atomic mass is 9.91. The molecule has 7 rings (SSSR count). The van der Waals surface area contributed by atoms with Gasteiger partial charge < -0.3 is 5.32 Å². The number of hydrogen-bond acceptors (Lipinski definition) is 5. The number of nitrogens with zero attached hydrogens (tertiary/aromatic N) is 5. The molecule has 2 saturated carbocycles. The van der Waals surface area contributed by atoms with E-state index in [0.717, 1.165) is 53.5 Å². The number of fused-ring (bicyclic) bond motifs is 2. The maximum atomic E-state index is 12.3. The highest BCUT2D eigenvalue weighted by Crippen LogP contribution is 2.53. The van der Waals surface area contributed by atoms with Gasteiger partial charge in [0.2, 0.25) is 0 Å². The van der Waals surface area contributed by atoms with Crippen molar-refractivity contribution in [3.8, 4) is 11.3 Å². The Morgan fingerprint density at radius 3 is 2.59 bits per heavy atom. The van der Waals surface area contributed by atoms with E-state index in [1.807, 2.05) is 47.2 Å². The second-order valence-corrected chi connectivity index (χ2v) is 9.32. The van der Waals surface area contributed by atoms with E-state index in [4.69, 9.17) is 5.10 Å². The predicted octanol–water partition coefficient (Wildman–Crippen LogP) is 4.31. The monoisotopic (exact) mass is 446 g/mol. The van der Waals surface area contributed by atoms with E-state index in [2.05, 4.69) is 44.5 Å². The summed E-state index contributed by atoms with van der Waals surface area (Å²) in [5.74, 6) is 0.571. The molecule has 7 heteroatoms. The number of carbonyl (C=O) groups is 1. The van der Waals surface area contributed by atoms with E-state index in [-0.39, 0.29) is 11.3 Å². The topological polar surface area (TPSA) is 85.1 Å². The molecule has 0 aliphatic heterocycles. The molecule has 166 valence electrons. The van der Waals surface area contributed by atoms with Crippen LogP contribution >= 0.6 is 0 Å². The number of carbonyl (C=O) groups excluding carboxylic acids is 1. The Morgan fingerprint density at radius 1 is 0.971 bits per heavy atom. The number of hydrogen-bond donors (Lipinski definition) is 1. The fourth-order valence-electron chi connectivity index (χ4n) is 4.71. The minimum Gasteiger partial charge on any atom is -0.349 e. The first-order chi connectivity index (χ1) is 16.7. The second-order valence-electron chi connectivity index (χ2n) is 9.32. The number of benzene rings is 2. The standard InChI is InChI=1S/C27H22N6O/c34-25(31-21-8-9-21)18-5-3-17(4-6-18)23-15-29-26-30-16-24(33(26)32-23)27(11-12-27)20-7-10-22-19(14-20)2-1-13-28-22/h1-7,10,13-16,21H,8-9,11-12H2,(H,31,34). The lowest BCUT2D eigenvalue weighted by Gasteiger charge is -2.16. The number of nitrogens with one attached hydrogen (secondary N) is 1. The summed E-state index contributed by atoms with van der Waals surface area (Å²) in [5.41, 5.74) is 5.53. The number of imidazole rings is 1. The third kappa shape index (κ3) is 3.15. The zero-order chi connectivity index (χ0) is 22.7. The van der Waals surface area contributed by atoms with Crippen molar-refractivity contribution < 1.29 is 4.79 Å². The molecule has 0 spiro atoms. The molecular weight excluding hydrogens is 424 g/mol. The maximum absolute atomic E-state index is 12.3. The van der Waals surface area contributed by atoms with E-state index in [1.54, 1.807) is 6.20 Å². The summed E-state index contributed by atoms with van der Waals surface area (Å²) >= 11 is 0. The van der Waals surface area contributed by atoms with Gasteiger partial charge in [0.05, 0.1) is 23.6 Å². The van der Waals surface area contributed by atoms with Gasteiger partial charge in [-0.3, -0.25) is 9.78 Å². The van der Waals surface area contributed by atoms with Crippen molar-refractivity contribution in [2.75, 3.05) is 0 Å². The average molecular weight is 447 g/mol. The van der Waals surface area contributed by atoms with Crippen LogP contribution in [0, 0.1) is 0 Å². The first kappa shape index (κ1) is 19.3. The second kappa shape index (κ2) is 7.18. The number of aromatic nitrogens is 5. The number of pyridine rings is 1. The molecule has 3 heterocycles. The number of rotatable bonds is 5. The minimum atomic E-state index is -0.110. The molecule has 34 heavy (non-hydrogen) atoms. The van der Waals surface area contributed by atoms with Gasteiger partial charge in [-0.05, 0) is 61.6 Å². The van der Waals surface area contributed by atoms with Crippen LogP contribution in [-0.2, 0) is 5.41 Å². The van der Waals surface area contributed by atoms with Crippen LogP contribution in [0.3, 0.4) is 0 Å². The summed E-state index contributed by atoms with van der Waals surface area (Å²) in [6.45, 7) is 0. The van der Waals surface area contributed by atoms with Crippen LogP contribution in [-0.4, -0.2) is 36.5 Å². The summed E-state index contributed by atoms with van der Waals surface area (Å²) in [6, 6.07) is 18.5. The van der Waals surface area contributed by atoms with E-state index in [1.165, 1.54) is 5.56 Å². The fraction of sp³-hybridized carbons (Fsp3) is 0.222. The predicted molar refractivity (Wildman–Crippen MR) is 128 cm³/mol. The van der Waals surface area contributed by atoms with Crippen molar-refractivity contribution in [1.29, 1.82) is 0 Å². The van der Waals surface area contributed by atoms with Crippen molar-refractivity contribution in [1.82, 2.24) is 29.9 Å². The van der Waals surface area contributed by atoms with Gasteiger partial charge in [0, 0.05) is 34.2 Å². The van der Waals surface area contributed by atoms with Gasteiger partial charge in [-0.15, -0.1) is 0 Å². The van der Waals surface area contributed by atoms with Crippen LogP contribution < -0.4 is 5.32 Å². The van der Waals surface area contributed by atoms with Crippen LogP contribution in [0.1, 0.15) is 47.3 Å². The smallest absolute Gasteiger partial charge is 0.251 e. The van der Waals surface area contributed by atoms with Crippen molar-refractivity contribution in [2.45, 2.75) is 37.1 Å². The SMILES string of the molecule is O=C(NC1CC1)c1ccc(-c2cnc3ncc(C4(c5ccc6ncccc6c5)CC4)n3n2)cc1. The lowest BCUT2D eigenvalue weighted by Crippen LogP contribution is -2.25. The van der Waals surface area contributed by atoms with Gasteiger partial charge in [-0.25, -0.2) is 9.97 Å². The largest absolute Gasteiger partial charge is 0.349 e. The van der Waals surface area contributed by atoms with Gasteiger partial charge in [-0.2, -0.15) is 9.61 Å². The highest BCUT2D eigenvalue weighted by molar-refractivity contribution is 5.95. The molecule has 5 aromatic rings. The fourth-order valence-corrected chi connectivity index (χ4v) is 4.71. The van der Waals surface area contributed by atoms with E-state index < -0.39 is 0 Å². The Bertz CT molecular complexity index is 1560. The third-order valence-corrected chi connectivity index (χ3v) is 6.98. The molecule has 0 radical (unpaired) electrons. The molecular formula is C27H22N6O. The lowest BCUT2D eigenvalue weighted by molar-refractivity contribution is 0.0951. The van der Waals surface area contributed by atoms with Gasteiger partial charge in [0.15, 0.2) is 0 Å². The third-order valence-electron chi connectivity index (χ3n) is 6.98.